The van der Waals surface area contributed by atoms with Crippen molar-refractivity contribution in [1.29, 1.82) is 0 Å². The molecule has 2 rings (SSSR count). The fourth-order valence-corrected chi connectivity index (χ4v) is 2.73. The summed E-state index contributed by atoms with van der Waals surface area (Å²) in [5, 5.41) is 4.98. The molecule has 25 heavy (non-hydrogen) atoms. The number of benzene rings is 1. The molecular formula is C18H22N2O4S. The highest BCUT2D eigenvalue weighted by molar-refractivity contribution is 7.13. The smallest absolute Gasteiger partial charge is 0.408 e. The first-order valence-corrected chi connectivity index (χ1v) is 8.64. The van der Waals surface area contributed by atoms with Crippen LogP contribution in [-0.2, 0) is 20.7 Å². The van der Waals surface area contributed by atoms with Gasteiger partial charge in [0.05, 0.1) is 8.48 Å². The Labute approximate surface area is 152 Å². The molecule has 1 aromatic heterocycles. The molecule has 7 heteroatoms. The monoisotopic (exact) mass is 363 g/mol. The summed E-state index contributed by atoms with van der Waals surface area (Å²) in [6, 6.07) is 6.60. The summed E-state index contributed by atoms with van der Waals surface area (Å²) in [4.78, 5) is 28.1. The van der Waals surface area contributed by atoms with E-state index >= 15 is 0 Å². The molecule has 1 aromatic carbocycles. The third kappa shape index (κ3) is 5.86. The number of nitrogens with one attached hydrogen (secondary N) is 1. The SMILES string of the molecule is [2H]c1csc(-c2ccc(C[C@H](NC(=O)OC(C)(C)C)C(=O)OC)cc2)n1. The minimum absolute atomic E-state index is 0.237. The van der Waals surface area contributed by atoms with Crippen molar-refractivity contribution in [2.75, 3.05) is 7.11 Å². The van der Waals surface area contributed by atoms with Crippen LogP contribution in [0.5, 0.6) is 0 Å². The van der Waals surface area contributed by atoms with Crippen LogP contribution in [0.25, 0.3) is 10.6 Å². The van der Waals surface area contributed by atoms with Crippen LogP contribution in [0.4, 0.5) is 4.79 Å². The van der Waals surface area contributed by atoms with Crippen molar-refractivity contribution >= 4 is 23.4 Å². The second kappa shape index (κ2) is 8.11. The zero-order chi connectivity index (χ0) is 19.3. The molecular weight excluding hydrogens is 340 g/mol. The van der Waals surface area contributed by atoms with Gasteiger partial charge in [-0.15, -0.1) is 11.3 Å². The van der Waals surface area contributed by atoms with Crippen molar-refractivity contribution in [2.45, 2.75) is 38.8 Å². The van der Waals surface area contributed by atoms with Crippen molar-refractivity contribution in [3.63, 3.8) is 0 Å². The molecule has 0 radical (unpaired) electrons. The van der Waals surface area contributed by atoms with Gasteiger partial charge in [0, 0.05) is 23.5 Å². The number of methoxy groups -OCH3 is 1. The van der Waals surface area contributed by atoms with Crippen molar-refractivity contribution < 1.29 is 20.4 Å². The van der Waals surface area contributed by atoms with Crippen LogP contribution in [-0.4, -0.2) is 35.8 Å². The van der Waals surface area contributed by atoms with Crippen LogP contribution in [0.2, 0.25) is 0 Å². The van der Waals surface area contributed by atoms with Gasteiger partial charge in [-0.2, -0.15) is 0 Å². The second-order valence-electron chi connectivity index (χ2n) is 6.40. The minimum Gasteiger partial charge on any atom is -0.467 e. The summed E-state index contributed by atoms with van der Waals surface area (Å²) in [6.45, 7) is 5.25. The maximum Gasteiger partial charge on any atom is 0.408 e. The predicted molar refractivity (Wildman–Crippen MR) is 96.4 cm³/mol. The van der Waals surface area contributed by atoms with Crippen LogP contribution in [0.1, 0.15) is 27.7 Å². The molecule has 1 N–H and O–H groups in total. The number of ether oxygens (including phenoxy) is 2. The molecule has 0 aliphatic carbocycles. The van der Waals surface area contributed by atoms with Crippen molar-refractivity contribution in [1.82, 2.24) is 10.3 Å². The number of thiazole rings is 1. The van der Waals surface area contributed by atoms with Crippen molar-refractivity contribution in [3.05, 3.63) is 41.4 Å². The van der Waals surface area contributed by atoms with E-state index in [-0.39, 0.29) is 12.6 Å². The van der Waals surface area contributed by atoms with Gasteiger partial charge in [-0.1, -0.05) is 24.3 Å². The molecule has 1 atom stereocenters. The van der Waals surface area contributed by atoms with Gasteiger partial charge in [0.15, 0.2) is 0 Å². The van der Waals surface area contributed by atoms with Crippen LogP contribution < -0.4 is 5.32 Å². The lowest BCUT2D eigenvalue weighted by molar-refractivity contribution is -0.143. The number of carbonyl (C=O) groups excluding carboxylic acids is 2. The Morgan fingerprint density at radius 3 is 2.52 bits per heavy atom. The van der Waals surface area contributed by atoms with E-state index in [0.717, 1.165) is 16.1 Å². The molecule has 0 aliphatic rings. The number of hydrogen-bond donors (Lipinski definition) is 1. The first-order chi connectivity index (χ1) is 12.2. The van der Waals surface area contributed by atoms with Crippen molar-refractivity contribution in [2.24, 2.45) is 0 Å². The topological polar surface area (TPSA) is 77.5 Å². The van der Waals surface area contributed by atoms with Crippen LogP contribution in [0.15, 0.2) is 35.8 Å². The van der Waals surface area contributed by atoms with Gasteiger partial charge in [0.1, 0.15) is 16.7 Å². The zero-order valence-electron chi connectivity index (χ0n) is 15.7. The van der Waals surface area contributed by atoms with E-state index < -0.39 is 23.7 Å². The van der Waals surface area contributed by atoms with Gasteiger partial charge in [-0.05, 0) is 26.3 Å². The summed E-state index contributed by atoms with van der Waals surface area (Å²) in [5.74, 6) is -0.543. The lowest BCUT2D eigenvalue weighted by Crippen LogP contribution is -2.45. The summed E-state index contributed by atoms with van der Waals surface area (Å²) in [5.41, 5.74) is 1.09. The van der Waals surface area contributed by atoms with E-state index in [0.29, 0.717) is 0 Å². The first kappa shape index (κ1) is 17.4. The number of aromatic nitrogens is 1. The molecule has 1 heterocycles. The van der Waals surface area contributed by atoms with Crippen LogP contribution >= 0.6 is 11.3 Å². The number of hydrogen-bond acceptors (Lipinski definition) is 6. The number of carbonyl (C=O) groups is 2. The van der Waals surface area contributed by atoms with Crippen molar-refractivity contribution in [3.8, 4) is 10.6 Å². The van der Waals surface area contributed by atoms with Gasteiger partial charge >= 0.3 is 12.1 Å². The van der Waals surface area contributed by atoms with E-state index in [1.807, 2.05) is 24.3 Å². The minimum atomic E-state index is -0.847. The molecule has 2 aromatic rings. The Kier molecular flexibility index (Phi) is 5.65. The summed E-state index contributed by atoms with van der Waals surface area (Å²) in [6.07, 6.45) is -0.162. The van der Waals surface area contributed by atoms with Gasteiger partial charge < -0.3 is 14.8 Å². The number of amides is 1. The van der Waals surface area contributed by atoms with E-state index in [2.05, 4.69) is 10.3 Å². The number of esters is 1. The van der Waals surface area contributed by atoms with Gasteiger partial charge in [-0.25, -0.2) is 14.6 Å². The predicted octanol–water partition coefficient (Wildman–Crippen LogP) is 3.42. The van der Waals surface area contributed by atoms with Crippen LogP contribution in [0, 0.1) is 0 Å². The summed E-state index contributed by atoms with van der Waals surface area (Å²) < 4.78 is 17.5. The van der Waals surface area contributed by atoms with E-state index in [1.165, 1.54) is 18.4 Å². The molecule has 0 saturated heterocycles. The van der Waals surface area contributed by atoms with Gasteiger partial charge in [-0.3, -0.25) is 0 Å². The van der Waals surface area contributed by atoms with Gasteiger partial charge in [0.2, 0.25) is 0 Å². The highest BCUT2D eigenvalue weighted by Gasteiger charge is 2.25. The van der Waals surface area contributed by atoms with E-state index in [1.54, 1.807) is 26.2 Å². The lowest BCUT2D eigenvalue weighted by Gasteiger charge is -2.22. The third-order valence-corrected chi connectivity index (χ3v) is 3.98. The van der Waals surface area contributed by atoms with Crippen LogP contribution in [0.3, 0.4) is 0 Å². The summed E-state index contributed by atoms with van der Waals surface area (Å²) >= 11 is 1.40. The molecule has 0 unspecified atom stereocenters. The fourth-order valence-electron chi connectivity index (χ4n) is 2.13. The quantitative estimate of drug-likeness (QED) is 0.824. The first-order valence-electron chi connectivity index (χ1n) is 8.27. The number of alkyl carbamates (subject to hydrolysis) is 1. The Bertz CT molecular complexity index is 768. The summed E-state index contributed by atoms with van der Waals surface area (Å²) in [7, 11) is 1.27. The lowest BCUT2D eigenvalue weighted by atomic mass is 10.0. The average molecular weight is 363 g/mol. The fraction of sp³-hybridized carbons (Fsp3) is 0.389. The largest absolute Gasteiger partial charge is 0.467 e. The average Bonchev–Trinajstić information content (AvgIpc) is 2.99. The Balaban J connectivity index is 2.08. The second-order valence-corrected chi connectivity index (χ2v) is 7.26. The molecule has 0 spiro atoms. The van der Waals surface area contributed by atoms with E-state index in [4.69, 9.17) is 10.8 Å². The Morgan fingerprint density at radius 1 is 1.32 bits per heavy atom. The standard InChI is InChI=1S/C18H22N2O4S/c1-18(2,3)24-17(22)20-14(16(21)23-4)11-12-5-7-13(8-6-12)15-19-9-10-25-15/h5-10,14H,11H2,1-4H3,(H,20,22)/t14-/m0/s1/i9D. The maximum absolute atomic E-state index is 12.0. The molecule has 134 valence electrons. The highest BCUT2D eigenvalue weighted by atomic mass is 32.1. The molecule has 6 nitrogen and oxygen atoms in total. The molecule has 0 fully saturated rings. The Morgan fingerprint density at radius 2 is 2.00 bits per heavy atom. The normalized spacial score (nSPS) is 12.9. The zero-order valence-corrected chi connectivity index (χ0v) is 15.5. The molecule has 0 bridgehead atoms. The molecule has 0 saturated carbocycles. The number of nitrogens with zero attached hydrogens (tertiary/aromatic N) is 1. The van der Waals surface area contributed by atoms with Gasteiger partial charge in [0.25, 0.3) is 0 Å². The molecule has 0 aliphatic heterocycles. The number of rotatable bonds is 5. The molecule has 1 amide bonds. The maximum atomic E-state index is 12.0. The third-order valence-electron chi connectivity index (χ3n) is 3.21. The Hall–Kier alpha value is -2.41. The van der Waals surface area contributed by atoms with E-state index in [9.17, 15) is 9.59 Å². The highest BCUT2D eigenvalue weighted by Crippen LogP contribution is 2.22.